The lowest BCUT2D eigenvalue weighted by molar-refractivity contribution is 0.0764. The summed E-state index contributed by atoms with van der Waals surface area (Å²) in [6.45, 7) is 2.60. The molecular formula is C15H17N5O3. The fourth-order valence-corrected chi connectivity index (χ4v) is 2.91. The molecule has 0 aromatic carbocycles. The van der Waals surface area contributed by atoms with E-state index in [-0.39, 0.29) is 12.0 Å². The van der Waals surface area contributed by atoms with Crippen LogP contribution in [-0.4, -0.2) is 56.4 Å². The van der Waals surface area contributed by atoms with Crippen LogP contribution < -0.4 is 9.47 Å². The van der Waals surface area contributed by atoms with E-state index in [0.29, 0.717) is 37.0 Å². The molecule has 2 aromatic heterocycles. The molecule has 0 radical (unpaired) electrons. The maximum atomic E-state index is 12.7. The molecule has 0 spiro atoms. The van der Waals surface area contributed by atoms with E-state index in [1.807, 2.05) is 0 Å². The Kier molecular flexibility index (Phi) is 3.57. The van der Waals surface area contributed by atoms with Gasteiger partial charge in [-0.3, -0.25) is 9.78 Å². The van der Waals surface area contributed by atoms with E-state index >= 15 is 0 Å². The summed E-state index contributed by atoms with van der Waals surface area (Å²) in [6, 6.07) is 0. The molecule has 0 unspecified atom stereocenters. The predicted molar refractivity (Wildman–Crippen MR) is 79.3 cm³/mol. The maximum absolute atomic E-state index is 12.7. The third kappa shape index (κ3) is 2.71. The molecular weight excluding hydrogens is 298 g/mol. The second-order valence-corrected chi connectivity index (χ2v) is 5.61. The molecule has 1 saturated heterocycles. The Hall–Kier alpha value is -2.64. The molecule has 1 fully saturated rings. The van der Waals surface area contributed by atoms with E-state index < -0.39 is 0 Å². The Bertz CT molecular complexity index is 702. The number of fused-ring (bicyclic) bond motifs is 1. The molecule has 2 aliphatic heterocycles. The van der Waals surface area contributed by atoms with Gasteiger partial charge >= 0.3 is 0 Å². The van der Waals surface area contributed by atoms with Crippen molar-refractivity contribution in [1.82, 2.24) is 24.6 Å². The van der Waals surface area contributed by atoms with E-state index in [4.69, 9.17) is 9.47 Å². The second-order valence-electron chi connectivity index (χ2n) is 5.61. The monoisotopic (exact) mass is 315 g/mol. The molecule has 1 amide bonds. The van der Waals surface area contributed by atoms with Crippen molar-refractivity contribution in [2.45, 2.75) is 25.5 Å². The van der Waals surface area contributed by atoms with Crippen molar-refractivity contribution < 1.29 is 14.3 Å². The van der Waals surface area contributed by atoms with Gasteiger partial charge in [-0.2, -0.15) is 5.10 Å². The Morgan fingerprint density at radius 2 is 2.26 bits per heavy atom. The number of amides is 1. The van der Waals surface area contributed by atoms with Gasteiger partial charge in [-0.1, -0.05) is 0 Å². The molecule has 2 aliphatic rings. The second kappa shape index (κ2) is 5.86. The van der Waals surface area contributed by atoms with Gasteiger partial charge in [-0.25, -0.2) is 9.67 Å². The van der Waals surface area contributed by atoms with Crippen molar-refractivity contribution in [2.24, 2.45) is 0 Å². The van der Waals surface area contributed by atoms with Crippen LogP contribution in [0, 0.1) is 0 Å². The van der Waals surface area contributed by atoms with Crippen LogP contribution in [0.5, 0.6) is 11.8 Å². The summed E-state index contributed by atoms with van der Waals surface area (Å²) in [5.74, 6) is 1.01. The average Bonchev–Trinajstić information content (AvgIpc) is 3.22. The lowest BCUT2D eigenvalue weighted by Gasteiger charge is -2.19. The van der Waals surface area contributed by atoms with E-state index in [2.05, 4.69) is 15.1 Å². The number of hydrogen-bond acceptors (Lipinski definition) is 6. The van der Waals surface area contributed by atoms with Crippen molar-refractivity contribution in [3.8, 4) is 11.8 Å². The molecule has 0 N–H and O–H groups in total. The Morgan fingerprint density at radius 3 is 3.13 bits per heavy atom. The SMILES string of the molecule is O=C(c1cnn2c1OCCC2)N1CC[C@H](Oc2cnccn2)C1. The number of carbonyl (C=O) groups excluding carboxylic acids is 1. The first-order valence-corrected chi connectivity index (χ1v) is 7.72. The van der Waals surface area contributed by atoms with Crippen LogP contribution in [0.3, 0.4) is 0 Å². The highest BCUT2D eigenvalue weighted by molar-refractivity contribution is 5.96. The van der Waals surface area contributed by atoms with Gasteiger partial charge in [0, 0.05) is 38.3 Å². The summed E-state index contributed by atoms with van der Waals surface area (Å²) in [7, 11) is 0. The summed E-state index contributed by atoms with van der Waals surface area (Å²) >= 11 is 0. The predicted octanol–water partition coefficient (Wildman–Crippen LogP) is 0.749. The quantitative estimate of drug-likeness (QED) is 0.831. The van der Waals surface area contributed by atoms with Crippen molar-refractivity contribution in [3.05, 3.63) is 30.4 Å². The summed E-state index contributed by atoms with van der Waals surface area (Å²) in [6.07, 6.45) is 7.98. The van der Waals surface area contributed by atoms with Crippen molar-refractivity contribution in [1.29, 1.82) is 0 Å². The van der Waals surface area contributed by atoms with Gasteiger partial charge in [-0.05, 0) is 0 Å². The lowest BCUT2D eigenvalue weighted by atomic mass is 10.3. The highest BCUT2D eigenvalue weighted by Crippen LogP contribution is 2.25. The Morgan fingerprint density at radius 1 is 1.30 bits per heavy atom. The summed E-state index contributed by atoms with van der Waals surface area (Å²) in [5.41, 5.74) is 0.532. The van der Waals surface area contributed by atoms with Crippen LogP contribution in [0.25, 0.3) is 0 Å². The third-order valence-corrected chi connectivity index (χ3v) is 4.03. The Labute approximate surface area is 133 Å². The van der Waals surface area contributed by atoms with Crippen LogP contribution in [0.4, 0.5) is 0 Å². The third-order valence-electron chi connectivity index (χ3n) is 4.03. The van der Waals surface area contributed by atoms with Crippen LogP contribution in [-0.2, 0) is 6.54 Å². The van der Waals surface area contributed by atoms with E-state index in [9.17, 15) is 4.79 Å². The van der Waals surface area contributed by atoms with Gasteiger partial charge < -0.3 is 14.4 Å². The first-order valence-electron chi connectivity index (χ1n) is 7.72. The van der Waals surface area contributed by atoms with Gasteiger partial charge in [0.15, 0.2) is 0 Å². The van der Waals surface area contributed by atoms with Crippen LogP contribution in [0.15, 0.2) is 24.8 Å². The fourth-order valence-electron chi connectivity index (χ4n) is 2.91. The molecule has 0 bridgehead atoms. The average molecular weight is 315 g/mol. The van der Waals surface area contributed by atoms with Crippen molar-refractivity contribution in [2.75, 3.05) is 19.7 Å². The molecule has 4 heterocycles. The Balaban J connectivity index is 1.43. The number of nitrogens with zero attached hydrogens (tertiary/aromatic N) is 5. The van der Waals surface area contributed by atoms with Crippen LogP contribution in [0.1, 0.15) is 23.2 Å². The smallest absolute Gasteiger partial charge is 0.261 e. The standard InChI is InChI=1S/C15H17N5O3/c21-14(12-8-18-20-5-1-7-22-15(12)20)19-6-2-11(10-19)23-13-9-16-3-4-17-13/h3-4,8-9,11H,1-2,5-7,10H2/t11-/m0/s1. The van der Waals surface area contributed by atoms with E-state index in [1.54, 1.807) is 34.4 Å². The number of ether oxygens (including phenoxy) is 2. The number of hydrogen-bond donors (Lipinski definition) is 0. The molecule has 8 heteroatoms. The molecule has 0 saturated carbocycles. The number of carbonyl (C=O) groups is 1. The molecule has 0 aliphatic carbocycles. The van der Waals surface area contributed by atoms with Gasteiger partial charge in [0.1, 0.15) is 11.7 Å². The largest absolute Gasteiger partial charge is 0.477 e. The minimum Gasteiger partial charge on any atom is -0.477 e. The minimum absolute atomic E-state index is 0.0570. The van der Waals surface area contributed by atoms with Crippen molar-refractivity contribution >= 4 is 5.91 Å². The highest BCUT2D eigenvalue weighted by atomic mass is 16.5. The number of aromatic nitrogens is 4. The molecule has 4 rings (SSSR count). The molecule has 8 nitrogen and oxygen atoms in total. The normalized spacial score (nSPS) is 20.0. The molecule has 23 heavy (non-hydrogen) atoms. The first-order chi connectivity index (χ1) is 11.3. The number of likely N-dealkylation sites (tertiary alicyclic amines) is 1. The minimum atomic E-state index is -0.0667. The first kappa shape index (κ1) is 14.0. The zero-order valence-electron chi connectivity index (χ0n) is 12.6. The van der Waals surface area contributed by atoms with Crippen molar-refractivity contribution in [3.63, 3.8) is 0 Å². The topological polar surface area (TPSA) is 82.4 Å². The van der Waals surface area contributed by atoms with Gasteiger partial charge in [0.2, 0.25) is 11.8 Å². The lowest BCUT2D eigenvalue weighted by Crippen LogP contribution is -2.31. The zero-order valence-corrected chi connectivity index (χ0v) is 12.6. The summed E-state index contributed by atoms with van der Waals surface area (Å²) in [5, 5.41) is 4.23. The van der Waals surface area contributed by atoms with E-state index in [1.165, 1.54) is 0 Å². The number of aryl methyl sites for hydroxylation is 1. The molecule has 120 valence electrons. The molecule has 1 atom stereocenters. The van der Waals surface area contributed by atoms with Gasteiger partial charge in [0.05, 0.1) is 25.5 Å². The maximum Gasteiger partial charge on any atom is 0.261 e. The van der Waals surface area contributed by atoms with Crippen LogP contribution in [0.2, 0.25) is 0 Å². The number of rotatable bonds is 3. The van der Waals surface area contributed by atoms with Gasteiger partial charge in [0.25, 0.3) is 5.91 Å². The van der Waals surface area contributed by atoms with Crippen LogP contribution >= 0.6 is 0 Å². The summed E-state index contributed by atoms with van der Waals surface area (Å²) < 4.78 is 13.1. The van der Waals surface area contributed by atoms with Gasteiger partial charge in [-0.15, -0.1) is 0 Å². The summed E-state index contributed by atoms with van der Waals surface area (Å²) in [4.78, 5) is 22.5. The highest BCUT2D eigenvalue weighted by Gasteiger charge is 2.32. The van der Waals surface area contributed by atoms with E-state index in [0.717, 1.165) is 19.4 Å². The fraction of sp³-hybridized carbons (Fsp3) is 0.467. The zero-order chi connectivity index (χ0) is 15.6. The molecule has 2 aromatic rings.